The van der Waals surface area contributed by atoms with Crippen LogP contribution in [0.1, 0.15) is 38.3 Å². The Bertz CT molecular complexity index is 996. The lowest BCUT2D eigenvalue weighted by Gasteiger charge is -2.21. The lowest BCUT2D eigenvalue weighted by atomic mass is 9.82. The number of nitrogens with zero attached hydrogens (tertiary/aromatic N) is 1. The fraction of sp³-hybridized carbons (Fsp3) is 0.240. The topological polar surface area (TPSA) is 21.6 Å². The number of rotatable bonds is 6. The van der Waals surface area contributed by atoms with E-state index in [1.165, 1.54) is 16.7 Å². The minimum absolute atomic E-state index is 0.0708. The van der Waals surface area contributed by atoms with Crippen molar-refractivity contribution >= 4 is 27.8 Å². The summed E-state index contributed by atoms with van der Waals surface area (Å²) in [6, 6.07) is 10.7. The Morgan fingerprint density at radius 3 is 2.64 bits per heavy atom. The zero-order valence-electron chi connectivity index (χ0n) is 16.9. The molecule has 0 fully saturated rings. The molecule has 0 spiro atoms. The van der Waals surface area contributed by atoms with Gasteiger partial charge in [0.15, 0.2) is 5.75 Å². The van der Waals surface area contributed by atoms with Gasteiger partial charge in [0.2, 0.25) is 0 Å². The minimum atomic E-state index is -0.0708. The molecule has 3 heteroatoms. The van der Waals surface area contributed by atoms with Gasteiger partial charge >= 0.3 is 0 Å². The van der Waals surface area contributed by atoms with Crippen LogP contribution in [-0.2, 0) is 5.41 Å². The number of halogens is 1. The predicted molar refractivity (Wildman–Crippen MR) is 124 cm³/mol. The van der Waals surface area contributed by atoms with Gasteiger partial charge in [-0.15, -0.1) is 0 Å². The molecule has 0 bridgehead atoms. The van der Waals surface area contributed by atoms with E-state index in [1.54, 1.807) is 13.2 Å². The summed E-state index contributed by atoms with van der Waals surface area (Å²) in [7, 11) is 1.72. The predicted octanol–water partition coefficient (Wildman–Crippen LogP) is 7.54. The number of aliphatic imine (C=N–C) groups is 1. The van der Waals surface area contributed by atoms with E-state index in [9.17, 15) is 0 Å². The lowest BCUT2D eigenvalue weighted by molar-refractivity contribution is 0.417. The van der Waals surface area contributed by atoms with Crippen molar-refractivity contribution in [1.82, 2.24) is 0 Å². The lowest BCUT2D eigenvalue weighted by Crippen LogP contribution is -2.14. The van der Waals surface area contributed by atoms with Crippen molar-refractivity contribution in [3.63, 3.8) is 0 Å². The zero-order valence-corrected chi connectivity index (χ0v) is 18.5. The Balaban J connectivity index is 2.15. The van der Waals surface area contributed by atoms with Crippen molar-refractivity contribution in [1.29, 1.82) is 0 Å². The first-order valence-corrected chi connectivity index (χ1v) is 10.3. The SMILES string of the molecule is C=C/C=C(C=Nc1ccc2c(c1OC)-c1cc(Br)ccc1C2(C)C)\C=C/CC. The summed E-state index contributed by atoms with van der Waals surface area (Å²) in [5.41, 5.74) is 6.67. The summed E-state index contributed by atoms with van der Waals surface area (Å²) in [6.07, 6.45) is 10.7. The molecule has 0 saturated carbocycles. The van der Waals surface area contributed by atoms with Gasteiger partial charge in [0, 0.05) is 21.7 Å². The molecule has 1 aliphatic rings. The van der Waals surface area contributed by atoms with Crippen molar-refractivity contribution in [2.24, 2.45) is 4.99 Å². The molecule has 0 saturated heterocycles. The van der Waals surface area contributed by atoms with Crippen LogP contribution in [0.5, 0.6) is 5.75 Å². The van der Waals surface area contributed by atoms with Crippen molar-refractivity contribution in [3.8, 4) is 16.9 Å². The van der Waals surface area contributed by atoms with Crippen LogP contribution in [0.4, 0.5) is 5.69 Å². The molecular formula is C25H26BrNO. The summed E-state index contributed by atoms with van der Waals surface area (Å²) >= 11 is 3.62. The highest BCUT2D eigenvalue weighted by molar-refractivity contribution is 9.10. The van der Waals surface area contributed by atoms with Crippen LogP contribution >= 0.6 is 15.9 Å². The number of hydrogen-bond acceptors (Lipinski definition) is 2. The molecule has 3 rings (SSSR count). The van der Waals surface area contributed by atoms with Gasteiger partial charge < -0.3 is 4.74 Å². The summed E-state index contributed by atoms with van der Waals surface area (Å²) in [6.45, 7) is 10.4. The Morgan fingerprint density at radius 1 is 1.21 bits per heavy atom. The van der Waals surface area contributed by atoms with Crippen LogP contribution in [-0.4, -0.2) is 13.3 Å². The van der Waals surface area contributed by atoms with Crippen LogP contribution in [0, 0.1) is 0 Å². The van der Waals surface area contributed by atoms with Crippen molar-refractivity contribution in [2.45, 2.75) is 32.6 Å². The average molecular weight is 436 g/mol. The van der Waals surface area contributed by atoms with Gasteiger partial charge in [-0.3, -0.25) is 4.99 Å². The molecule has 0 heterocycles. The molecule has 2 aromatic carbocycles. The Labute approximate surface area is 176 Å². The molecular weight excluding hydrogens is 410 g/mol. The summed E-state index contributed by atoms with van der Waals surface area (Å²) in [4.78, 5) is 4.74. The number of ether oxygens (including phenoxy) is 1. The summed E-state index contributed by atoms with van der Waals surface area (Å²) in [5, 5.41) is 0. The molecule has 0 amide bonds. The molecule has 0 unspecified atom stereocenters. The number of hydrogen-bond donors (Lipinski definition) is 0. The molecule has 28 heavy (non-hydrogen) atoms. The van der Waals surface area contributed by atoms with Gasteiger partial charge in [0.25, 0.3) is 0 Å². The van der Waals surface area contributed by atoms with Gasteiger partial charge in [-0.25, -0.2) is 0 Å². The number of methoxy groups -OCH3 is 1. The van der Waals surface area contributed by atoms with Crippen LogP contribution in [0.25, 0.3) is 11.1 Å². The molecule has 2 nitrogen and oxygen atoms in total. The molecule has 0 radical (unpaired) electrons. The molecule has 0 aliphatic heterocycles. The maximum atomic E-state index is 5.86. The fourth-order valence-corrected chi connectivity index (χ4v) is 4.12. The summed E-state index contributed by atoms with van der Waals surface area (Å²) in [5.74, 6) is 0.816. The minimum Gasteiger partial charge on any atom is -0.494 e. The average Bonchev–Trinajstić information content (AvgIpc) is 2.90. The Kier molecular flexibility index (Phi) is 6.04. The summed E-state index contributed by atoms with van der Waals surface area (Å²) < 4.78 is 6.93. The van der Waals surface area contributed by atoms with Gasteiger partial charge in [-0.05, 0) is 46.9 Å². The van der Waals surface area contributed by atoms with Crippen molar-refractivity contribution < 1.29 is 4.74 Å². The second-order valence-electron chi connectivity index (χ2n) is 7.33. The molecule has 1 aliphatic carbocycles. The normalized spacial score (nSPS) is 15.1. The van der Waals surface area contributed by atoms with E-state index in [2.05, 4.69) is 79.7 Å². The maximum Gasteiger partial charge on any atom is 0.152 e. The Morgan fingerprint density at radius 2 is 1.96 bits per heavy atom. The molecule has 0 atom stereocenters. The van der Waals surface area contributed by atoms with Gasteiger partial charge in [-0.1, -0.05) is 79.7 Å². The third-order valence-electron chi connectivity index (χ3n) is 5.15. The highest BCUT2D eigenvalue weighted by Gasteiger charge is 2.38. The van der Waals surface area contributed by atoms with E-state index < -0.39 is 0 Å². The third kappa shape index (κ3) is 3.64. The van der Waals surface area contributed by atoms with E-state index in [4.69, 9.17) is 9.73 Å². The number of fused-ring (bicyclic) bond motifs is 3. The molecule has 0 N–H and O–H groups in total. The highest BCUT2D eigenvalue weighted by atomic mass is 79.9. The van der Waals surface area contributed by atoms with Crippen LogP contribution in [0.3, 0.4) is 0 Å². The largest absolute Gasteiger partial charge is 0.494 e. The first-order chi connectivity index (χ1) is 13.4. The van der Waals surface area contributed by atoms with E-state index >= 15 is 0 Å². The Hall–Kier alpha value is -2.39. The standard InChI is InChI=1S/C25H26BrNO/c1-6-8-10-17(9-7-2)16-27-22-14-13-21-23(24(22)28-5)19-15-18(26)11-12-20(19)25(21,3)4/h7-16H,2,6H2,1,3-5H3/b10-8-,17-9+,27-16?. The van der Waals surface area contributed by atoms with Crippen molar-refractivity contribution in [2.75, 3.05) is 7.11 Å². The zero-order chi connectivity index (χ0) is 20.3. The molecule has 0 aromatic heterocycles. The van der Waals surface area contributed by atoms with Gasteiger partial charge in [0.05, 0.1) is 7.11 Å². The van der Waals surface area contributed by atoms with Gasteiger partial charge in [-0.2, -0.15) is 0 Å². The molecule has 2 aromatic rings. The first kappa shape index (κ1) is 20.3. The van der Waals surface area contributed by atoms with E-state index in [0.29, 0.717) is 0 Å². The maximum absolute atomic E-state index is 5.86. The van der Waals surface area contributed by atoms with Crippen LogP contribution in [0.2, 0.25) is 0 Å². The quantitative estimate of drug-likeness (QED) is 0.339. The number of benzene rings is 2. The monoisotopic (exact) mass is 435 g/mol. The van der Waals surface area contributed by atoms with E-state index in [1.807, 2.05) is 18.4 Å². The van der Waals surface area contributed by atoms with E-state index in [0.717, 1.165) is 33.5 Å². The second-order valence-corrected chi connectivity index (χ2v) is 8.24. The molecule has 144 valence electrons. The van der Waals surface area contributed by atoms with E-state index in [-0.39, 0.29) is 5.41 Å². The van der Waals surface area contributed by atoms with Crippen LogP contribution < -0.4 is 4.74 Å². The van der Waals surface area contributed by atoms with Crippen LogP contribution in [0.15, 0.2) is 76.3 Å². The van der Waals surface area contributed by atoms with Gasteiger partial charge in [0.1, 0.15) is 5.69 Å². The highest BCUT2D eigenvalue weighted by Crippen LogP contribution is 2.55. The smallest absolute Gasteiger partial charge is 0.152 e. The second kappa shape index (κ2) is 8.32. The van der Waals surface area contributed by atoms with Crippen molar-refractivity contribution in [3.05, 3.63) is 82.4 Å². The third-order valence-corrected chi connectivity index (χ3v) is 5.64. The first-order valence-electron chi connectivity index (χ1n) is 9.49. The number of allylic oxidation sites excluding steroid dienone is 5. The fourth-order valence-electron chi connectivity index (χ4n) is 3.76.